The highest BCUT2D eigenvalue weighted by Crippen LogP contribution is 2.33. The Morgan fingerprint density at radius 2 is 0.854 bits per heavy atom. The number of hydrogen-bond donors (Lipinski definition) is 5. The molecule has 82 heavy (non-hydrogen) atoms. The predicted molar refractivity (Wildman–Crippen MR) is 307 cm³/mol. The summed E-state index contributed by atoms with van der Waals surface area (Å²) in [5.74, 6) is -2.07. The molecule has 426 valence electrons. The number of nitrogens with one attached hydrogen (secondary N) is 4. The number of hydrogen-bond acceptors (Lipinski definition) is 12. The molecular formula is C65H68N4O13. The molecule has 3 atom stereocenters. The molecule has 0 aliphatic carbocycles. The lowest BCUT2D eigenvalue weighted by Crippen LogP contribution is -2.53. The van der Waals surface area contributed by atoms with Crippen molar-refractivity contribution in [3.63, 3.8) is 0 Å². The molecule has 0 saturated heterocycles. The number of ether oxygens (including phenoxy) is 6. The van der Waals surface area contributed by atoms with Gasteiger partial charge in [0.05, 0.1) is 0 Å². The van der Waals surface area contributed by atoms with Crippen molar-refractivity contribution in [1.82, 2.24) is 21.3 Å². The van der Waals surface area contributed by atoms with E-state index in [4.69, 9.17) is 28.4 Å². The number of amides is 4. The highest BCUT2D eigenvalue weighted by molar-refractivity contribution is 5.90. The minimum absolute atomic E-state index is 0.0112. The maximum Gasteiger partial charge on any atom is 0.408 e. The molecule has 0 aliphatic rings. The number of alkyl carbamates (subject to hydrolysis) is 3. The van der Waals surface area contributed by atoms with Crippen LogP contribution >= 0.6 is 0 Å². The molecule has 0 fully saturated rings. The van der Waals surface area contributed by atoms with Crippen molar-refractivity contribution in [2.24, 2.45) is 0 Å². The van der Waals surface area contributed by atoms with Crippen LogP contribution in [0.5, 0.6) is 11.5 Å². The van der Waals surface area contributed by atoms with Gasteiger partial charge in [-0.1, -0.05) is 164 Å². The zero-order valence-corrected chi connectivity index (χ0v) is 46.0. The molecule has 17 nitrogen and oxygen atoms in total. The van der Waals surface area contributed by atoms with Crippen LogP contribution in [-0.4, -0.2) is 71.5 Å². The average molecular weight is 1110 g/mol. The van der Waals surface area contributed by atoms with E-state index in [1.165, 1.54) is 0 Å². The number of carbonyl (C=O) groups is 6. The number of aliphatic carboxylic acids is 1. The van der Waals surface area contributed by atoms with E-state index < -0.39 is 59.9 Å². The summed E-state index contributed by atoms with van der Waals surface area (Å²) in [5, 5.41) is 21.2. The molecule has 0 radical (unpaired) electrons. The lowest BCUT2D eigenvalue weighted by molar-refractivity contribution is -0.149. The lowest BCUT2D eigenvalue weighted by Gasteiger charge is -2.25. The van der Waals surface area contributed by atoms with E-state index in [2.05, 4.69) is 21.3 Å². The first-order chi connectivity index (χ1) is 39.6. The smallest absolute Gasteiger partial charge is 0.408 e. The largest absolute Gasteiger partial charge is 0.489 e. The molecule has 0 aromatic heterocycles. The first-order valence-electron chi connectivity index (χ1n) is 26.9. The van der Waals surface area contributed by atoms with Crippen LogP contribution in [-0.2, 0) is 79.2 Å². The first kappa shape index (κ1) is 60.0. The van der Waals surface area contributed by atoms with Crippen LogP contribution in [0.1, 0.15) is 72.6 Å². The SMILES string of the molecule is CC(C)(C)OC(=O)N[C@@H](CCCNC(=O)OCc1ccccc1)C(=O)N[C@@H](Cc1cc(-c2ccc(OCc3ccccc3)c(C[C@H](NC(=O)OCc3ccccc3)C(=O)O)c2)ccc1OCc1ccccc1)C(=O)OCc1ccccc1. The van der Waals surface area contributed by atoms with E-state index in [0.29, 0.717) is 39.3 Å². The van der Waals surface area contributed by atoms with Crippen LogP contribution in [0, 0.1) is 0 Å². The van der Waals surface area contributed by atoms with E-state index >= 15 is 0 Å². The van der Waals surface area contributed by atoms with Gasteiger partial charge >= 0.3 is 30.2 Å². The van der Waals surface area contributed by atoms with Gasteiger partial charge in [-0.2, -0.15) is 0 Å². The summed E-state index contributed by atoms with van der Waals surface area (Å²) < 4.78 is 35.0. The lowest BCUT2D eigenvalue weighted by atomic mass is 9.95. The number of carbonyl (C=O) groups excluding carboxylic acids is 5. The minimum atomic E-state index is -1.43. The van der Waals surface area contributed by atoms with Gasteiger partial charge in [-0.15, -0.1) is 0 Å². The Morgan fingerprint density at radius 1 is 0.451 bits per heavy atom. The van der Waals surface area contributed by atoms with Crippen molar-refractivity contribution >= 4 is 36.1 Å². The van der Waals surface area contributed by atoms with Crippen molar-refractivity contribution < 1.29 is 62.3 Å². The molecule has 0 saturated carbocycles. The average Bonchev–Trinajstić information content (AvgIpc) is 3.48. The topological polar surface area (TPSA) is 226 Å². The van der Waals surface area contributed by atoms with Crippen LogP contribution in [0.15, 0.2) is 188 Å². The highest BCUT2D eigenvalue weighted by Gasteiger charge is 2.31. The fraction of sp³-hybridized carbons (Fsp3) is 0.262. The molecule has 17 heteroatoms. The molecule has 0 spiro atoms. The maximum absolute atomic E-state index is 14.6. The second-order valence-electron chi connectivity index (χ2n) is 20.2. The van der Waals surface area contributed by atoms with E-state index in [0.717, 1.165) is 22.3 Å². The number of carboxylic acids is 1. The van der Waals surface area contributed by atoms with Gasteiger partial charge in [0, 0.05) is 19.4 Å². The minimum Gasteiger partial charge on any atom is -0.489 e. The van der Waals surface area contributed by atoms with Gasteiger partial charge in [-0.05, 0) is 108 Å². The van der Waals surface area contributed by atoms with Crippen LogP contribution in [0.4, 0.5) is 14.4 Å². The fourth-order valence-electron chi connectivity index (χ4n) is 8.42. The molecule has 0 bridgehead atoms. The Balaban J connectivity index is 1.19. The molecule has 7 rings (SSSR count). The molecule has 0 heterocycles. The number of carboxylic acid groups (broad SMARTS) is 1. The summed E-state index contributed by atoms with van der Waals surface area (Å²) in [6.07, 6.45) is -2.62. The third-order valence-electron chi connectivity index (χ3n) is 12.6. The second-order valence-corrected chi connectivity index (χ2v) is 20.2. The van der Waals surface area contributed by atoms with Gasteiger partial charge in [-0.3, -0.25) is 4.79 Å². The van der Waals surface area contributed by atoms with Crippen molar-refractivity contribution in [2.75, 3.05) is 6.54 Å². The molecule has 4 amide bonds. The van der Waals surface area contributed by atoms with Crippen LogP contribution in [0.25, 0.3) is 11.1 Å². The summed E-state index contributed by atoms with van der Waals surface area (Å²) in [6.45, 7) is 5.31. The van der Waals surface area contributed by atoms with Crippen molar-refractivity contribution in [1.29, 1.82) is 0 Å². The Labute approximate surface area is 477 Å². The number of benzene rings is 7. The molecule has 5 N–H and O–H groups in total. The van der Waals surface area contributed by atoms with Gasteiger partial charge in [-0.25, -0.2) is 24.0 Å². The molecule has 7 aromatic rings. The molecule has 0 aliphatic heterocycles. The monoisotopic (exact) mass is 1110 g/mol. The van der Waals surface area contributed by atoms with E-state index in [-0.39, 0.29) is 65.3 Å². The fourth-order valence-corrected chi connectivity index (χ4v) is 8.42. The summed E-state index contributed by atoms with van der Waals surface area (Å²) in [4.78, 5) is 80.9. The molecule has 0 unspecified atom stereocenters. The van der Waals surface area contributed by atoms with Crippen LogP contribution in [0.3, 0.4) is 0 Å². The van der Waals surface area contributed by atoms with Gasteiger partial charge in [0.1, 0.15) is 68.3 Å². The van der Waals surface area contributed by atoms with Crippen LogP contribution in [0.2, 0.25) is 0 Å². The quantitative estimate of drug-likeness (QED) is 0.0184. The van der Waals surface area contributed by atoms with Gasteiger partial charge in [0.2, 0.25) is 5.91 Å². The van der Waals surface area contributed by atoms with Crippen molar-refractivity contribution in [3.05, 3.63) is 227 Å². The van der Waals surface area contributed by atoms with E-state index in [1.54, 1.807) is 81.4 Å². The summed E-state index contributed by atoms with van der Waals surface area (Å²) in [5.41, 5.74) is 5.20. The van der Waals surface area contributed by atoms with Gasteiger partial charge < -0.3 is 54.8 Å². The summed E-state index contributed by atoms with van der Waals surface area (Å²) in [6, 6.07) is 52.8. The molecule has 7 aromatic carbocycles. The van der Waals surface area contributed by atoms with Crippen molar-refractivity contribution in [3.8, 4) is 22.6 Å². The number of rotatable bonds is 27. The Kier molecular flexibility index (Phi) is 22.4. The van der Waals surface area contributed by atoms with E-state index in [1.807, 2.05) is 127 Å². The third kappa shape index (κ3) is 20.2. The first-order valence-corrected chi connectivity index (χ1v) is 26.9. The predicted octanol–water partition coefficient (Wildman–Crippen LogP) is 10.8. The van der Waals surface area contributed by atoms with Gasteiger partial charge in [0.15, 0.2) is 0 Å². The normalized spacial score (nSPS) is 12.0. The Hall–Kier alpha value is -9.64. The van der Waals surface area contributed by atoms with Gasteiger partial charge in [0.25, 0.3) is 0 Å². The second kappa shape index (κ2) is 30.6. The summed E-state index contributed by atoms with van der Waals surface area (Å²) >= 11 is 0. The van der Waals surface area contributed by atoms with E-state index in [9.17, 15) is 33.9 Å². The zero-order valence-electron chi connectivity index (χ0n) is 46.0. The number of esters is 1. The summed E-state index contributed by atoms with van der Waals surface area (Å²) in [7, 11) is 0. The Morgan fingerprint density at radius 3 is 1.29 bits per heavy atom. The van der Waals surface area contributed by atoms with Crippen molar-refractivity contribution in [2.45, 2.75) is 103 Å². The maximum atomic E-state index is 14.6. The standard InChI is InChI=1S/C65H68N4O13/c1-65(2,3)82-64(76)68-54(30-19-35-66-62(74)80-43-48-26-15-7-16-27-48)59(70)67-56(61(73)79-42-47-24-13-6-14-25-47)39-53-37-51(32-34-58(53)78-41-46-22-11-5-12-23-46)50-31-33-57(77-40-45-20-9-4-10-21-45)52(36-50)38-55(60(71)72)69-63(75)81-44-49-28-17-8-18-29-49/h4-18,20-29,31-34,36-37,54-56H,19,30,35,38-44H2,1-3H3,(H,66,74)(H,67,70)(H,68,76)(H,69,75)(H,71,72)/t54-,55-,56-/m0/s1. The highest BCUT2D eigenvalue weighted by atomic mass is 16.6. The van der Waals surface area contributed by atoms with Crippen LogP contribution < -0.4 is 30.7 Å². The third-order valence-corrected chi connectivity index (χ3v) is 12.6. The zero-order chi connectivity index (χ0) is 58.1. The Bertz CT molecular complexity index is 3180. The molecular weight excluding hydrogens is 1040 g/mol.